The van der Waals surface area contributed by atoms with Crippen molar-refractivity contribution in [3.63, 3.8) is 0 Å². The van der Waals surface area contributed by atoms with Gasteiger partial charge in [0.1, 0.15) is 6.61 Å². The van der Waals surface area contributed by atoms with Gasteiger partial charge in [-0.05, 0) is 43.0 Å². The number of fused-ring (bicyclic) bond motifs is 1. The maximum atomic E-state index is 11.9. The monoisotopic (exact) mass is 289 g/mol. The maximum absolute atomic E-state index is 11.9. The highest BCUT2D eigenvalue weighted by molar-refractivity contribution is 5.77. The molecule has 2 aliphatic rings. The second-order valence-electron chi connectivity index (χ2n) is 6.00. The quantitative estimate of drug-likeness (QED) is 0.836. The van der Waals surface area contributed by atoms with Crippen LogP contribution in [0.1, 0.15) is 29.5 Å². The van der Waals surface area contributed by atoms with Crippen LogP contribution in [0.5, 0.6) is 0 Å². The normalized spacial score (nSPS) is 18.8. The Hall–Kier alpha value is -1.46. The minimum Gasteiger partial charge on any atom is -0.367 e. The number of carbonyl (C=O) groups is 1. The van der Waals surface area contributed by atoms with E-state index in [2.05, 4.69) is 16.9 Å². The maximum Gasteiger partial charge on any atom is 0.248 e. The summed E-state index contributed by atoms with van der Waals surface area (Å²) in [7, 11) is 2.13. The van der Waals surface area contributed by atoms with Crippen molar-refractivity contribution in [2.75, 3.05) is 33.3 Å². The summed E-state index contributed by atoms with van der Waals surface area (Å²) in [5, 5.41) is 0. The van der Waals surface area contributed by atoms with Gasteiger partial charge in [-0.15, -0.1) is 0 Å². The molecular weight excluding hydrogens is 266 g/mol. The summed E-state index contributed by atoms with van der Waals surface area (Å²) >= 11 is 0. The summed E-state index contributed by atoms with van der Waals surface area (Å²) in [6.45, 7) is 4.45. The number of hydrogen-bond donors (Lipinski definition) is 0. The molecule has 5 nitrogen and oxygen atoms in total. The third-order valence-corrected chi connectivity index (χ3v) is 4.36. The number of nitrogens with zero attached hydrogens (tertiary/aromatic N) is 3. The lowest BCUT2D eigenvalue weighted by Crippen LogP contribution is -2.31. The second-order valence-corrected chi connectivity index (χ2v) is 6.00. The Balaban J connectivity index is 1.56. The molecule has 5 heteroatoms. The Morgan fingerprint density at radius 3 is 2.90 bits per heavy atom. The average molecular weight is 289 g/mol. The predicted octanol–water partition coefficient (Wildman–Crippen LogP) is 1.21. The van der Waals surface area contributed by atoms with E-state index in [9.17, 15) is 4.79 Å². The van der Waals surface area contributed by atoms with E-state index in [-0.39, 0.29) is 12.5 Å². The molecule has 1 aromatic rings. The number of hydrogen-bond acceptors (Lipinski definition) is 4. The van der Waals surface area contributed by atoms with Crippen LogP contribution in [0.4, 0.5) is 0 Å². The summed E-state index contributed by atoms with van der Waals surface area (Å²) in [6, 6.07) is 0. The number of carbonyl (C=O) groups excluding carboxylic acids is 1. The first kappa shape index (κ1) is 14.5. The topological polar surface area (TPSA) is 45.7 Å². The van der Waals surface area contributed by atoms with E-state index >= 15 is 0 Å². The number of likely N-dealkylation sites (N-methyl/N-ethyl adjacent to an activating group) is 1. The number of likely N-dealkylation sites (tertiary alicyclic amines) is 1. The number of pyridine rings is 1. The van der Waals surface area contributed by atoms with Crippen LogP contribution in [-0.4, -0.2) is 54.0 Å². The van der Waals surface area contributed by atoms with Crippen LogP contribution in [0.25, 0.3) is 0 Å². The summed E-state index contributed by atoms with van der Waals surface area (Å²) < 4.78 is 5.64. The molecule has 1 aromatic heterocycles. The van der Waals surface area contributed by atoms with E-state index in [1.54, 1.807) is 0 Å². The Kier molecular flexibility index (Phi) is 4.51. The van der Waals surface area contributed by atoms with E-state index in [1.165, 1.54) is 11.1 Å². The Morgan fingerprint density at radius 1 is 1.29 bits per heavy atom. The van der Waals surface area contributed by atoms with Crippen molar-refractivity contribution < 1.29 is 9.53 Å². The van der Waals surface area contributed by atoms with Gasteiger partial charge >= 0.3 is 0 Å². The predicted molar refractivity (Wildman–Crippen MR) is 79.7 cm³/mol. The first-order valence-corrected chi connectivity index (χ1v) is 7.73. The zero-order valence-corrected chi connectivity index (χ0v) is 12.7. The van der Waals surface area contributed by atoms with Gasteiger partial charge in [-0.3, -0.25) is 9.78 Å². The molecule has 1 fully saturated rings. The SMILES string of the molecule is CN1CCc2c(COCC(=O)N3CCCC3)cncc2C1. The van der Waals surface area contributed by atoms with E-state index in [4.69, 9.17) is 4.74 Å². The molecule has 3 rings (SSSR count). The van der Waals surface area contributed by atoms with Crippen LogP contribution in [-0.2, 0) is 29.1 Å². The van der Waals surface area contributed by atoms with Gasteiger partial charge in [0.15, 0.2) is 0 Å². The largest absolute Gasteiger partial charge is 0.367 e. The van der Waals surface area contributed by atoms with Crippen LogP contribution >= 0.6 is 0 Å². The van der Waals surface area contributed by atoms with Gasteiger partial charge < -0.3 is 14.5 Å². The fourth-order valence-electron chi connectivity index (χ4n) is 3.14. The number of amides is 1. The summed E-state index contributed by atoms with van der Waals surface area (Å²) in [5.74, 6) is 0.116. The average Bonchev–Trinajstić information content (AvgIpc) is 3.01. The van der Waals surface area contributed by atoms with Crippen LogP contribution in [0, 0.1) is 0 Å². The molecule has 3 heterocycles. The van der Waals surface area contributed by atoms with Gasteiger partial charge in [0.2, 0.25) is 5.91 Å². The Labute approximate surface area is 125 Å². The minimum atomic E-state index is 0.116. The fraction of sp³-hybridized carbons (Fsp3) is 0.625. The van der Waals surface area contributed by atoms with Gasteiger partial charge in [-0.2, -0.15) is 0 Å². The third-order valence-electron chi connectivity index (χ3n) is 4.36. The first-order chi connectivity index (χ1) is 10.2. The second kappa shape index (κ2) is 6.54. The highest BCUT2D eigenvalue weighted by Gasteiger charge is 2.19. The zero-order chi connectivity index (χ0) is 14.7. The standard InChI is InChI=1S/C16H23N3O2/c1-18-7-4-15-13(10-18)8-17-9-14(15)11-21-12-16(20)19-5-2-3-6-19/h8-9H,2-7,10-12H2,1H3. The molecule has 0 N–H and O–H groups in total. The highest BCUT2D eigenvalue weighted by Crippen LogP contribution is 2.21. The van der Waals surface area contributed by atoms with Crippen molar-refractivity contribution in [3.05, 3.63) is 29.1 Å². The van der Waals surface area contributed by atoms with Crippen molar-refractivity contribution in [1.29, 1.82) is 0 Å². The minimum absolute atomic E-state index is 0.116. The van der Waals surface area contributed by atoms with Crippen LogP contribution in [0.3, 0.4) is 0 Å². The van der Waals surface area contributed by atoms with E-state index in [0.717, 1.165) is 51.0 Å². The molecule has 0 unspecified atom stereocenters. The Bertz CT molecular complexity index is 512. The fourth-order valence-corrected chi connectivity index (χ4v) is 3.14. The molecule has 0 aliphatic carbocycles. The van der Waals surface area contributed by atoms with Gasteiger partial charge in [-0.1, -0.05) is 0 Å². The van der Waals surface area contributed by atoms with Gasteiger partial charge in [0.25, 0.3) is 0 Å². The molecule has 2 aliphatic heterocycles. The Morgan fingerprint density at radius 2 is 2.10 bits per heavy atom. The van der Waals surface area contributed by atoms with Crippen LogP contribution < -0.4 is 0 Å². The lowest BCUT2D eigenvalue weighted by Gasteiger charge is -2.26. The summed E-state index contributed by atoms with van der Waals surface area (Å²) in [6.07, 6.45) is 7.10. The zero-order valence-electron chi connectivity index (χ0n) is 12.7. The molecule has 0 aromatic carbocycles. The molecule has 1 amide bonds. The molecular formula is C16H23N3O2. The van der Waals surface area contributed by atoms with Gasteiger partial charge in [-0.25, -0.2) is 0 Å². The van der Waals surface area contributed by atoms with Gasteiger partial charge in [0.05, 0.1) is 6.61 Å². The summed E-state index contributed by atoms with van der Waals surface area (Å²) in [5.41, 5.74) is 3.78. The van der Waals surface area contributed by atoms with Crippen molar-refractivity contribution in [3.8, 4) is 0 Å². The number of rotatable bonds is 4. The molecule has 0 atom stereocenters. The van der Waals surface area contributed by atoms with Crippen LogP contribution in [0.15, 0.2) is 12.4 Å². The molecule has 0 radical (unpaired) electrons. The molecule has 0 bridgehead atoms. The van der Waals surface area contributed by atoms with E-state index in [1.807, 2.05) is 17.3 Å². The molecule has 114 valence electrons. The molecule has 21 heavy (non-hydrogen) atoms. The molecule has 1 saturated heterocycles. The lowest BCUT2D eigenvalue weighted by atomic mass is 9.98. The molecule has 0 saturated carbocycles. The summed E-state index contributed by atoms with van der Waals surface area (Å²) in [4.78, 5) is 20.4. The van der Waals surface area contributed by atoms with E-state index < -0.39 is 0 Å². The van der Waals surface area contributed by atoms with Gasteiger partial charge in [0, 0.05) is 38.6 Å². The lowest BCUT2D eigenvalue weighted by molar-refractivity contribution is -0.135. The highest BCUT2D eigenvalue weighted by atomic mass is 16.5. The van der Waals surface area contributed by atoms with Crippen molar-refractivity contribution in [2.24, 2.45) is 0 Å². The smallest absolute Gasteiger partial charge is 0.248 e. The first-order valence-electron chi connectivity index (χ1n) is 7.73. The van der Waals surface area contributed by atoms with Crippen molar-refractivity contribution in [1.82, 2.24) is 14.8 Å². The third kappa shape index (κ3) is 3.41. The van der Waals surface area contributed by atoms with Crippen molar-refractivity contribution in [2.45, 2.75) is 32.4 Å². The van der Waals surface area contributed by atoms with Crippen molar-refractivity contribution >= 4 is 5.91 Å². The van der Waals surface area contributed by atoms with Crippen LogP contribution in [0.2, 0.25) is 0 Å². The number of aromatic nitrogens is 1. The number of ether oxygens (including phenoxy) is 1. The van der Waals surface area contributed by atoms with E-state index in [0.29, 0.717) is 6.61 Å². The molecule has 0 spiro atoms.